The molecule has 1 amide bonds. The van der Waals surface area contributed by atoms with Gasteiger partial charge < -0.3 is 9.64 Å². The van der Waals surface area contributed by atoms with E-state index in [4.69, 9.17) is 16.3 Å². The number of benzene rings is 1. The average molecular weight is 451 g/mol. The second-order valence-electron chi connectivity index (χ2n) is 6.66. The fourth-order valence-corrected chi connectivity index (χ4v) is 6.20. The van der Waals surface area contributed by atoms with E-state index in [9.17, 15) is 13.2 Å². The van der Waals surface area contributed by atoms with Gasteiger partial charge in [0.15, 0.2) is 16.4 Å². The van der Waals surface area contributed by atoms with Crippen molar-refractivity contribution in [3.8, 4) is 5.75 Å². The Morgan fingerprint density at radius 2 is 1.96 bits per heavy atom. The maximum absolute atomic E-state index is 12.8. The molecule has 1 saturated heterocycles. The van der Waals surface area contributed by atoms with Gasteiger partial charge in [0.1, 0.15) is 5.75 Å². The van der Waals surface area contributed by atoms with Gasteiger partial charge in [0.25, 0.3) is 5.91 Å². The maximum Gasteiger partial charge on any atom is 0.261 e. The summed E-state index contributed by atoms with van der Waals surface area (Å²) in [5.41, 5.74) is 0. The number of hydrogen-bond acceptors (Lipinski definition) is 4. The fraction of sp³-hybridized carbons (Fsp3) is 0.588. The third-order valence-corrected chi connectivity index (χ3v) is 7.46. The van der Waals surface area contributed by atoms with Crippen LogP contribution in [0.15, 0.2) is 22.7 Å². The molecule has 0 N–H and O–H groups in total. The van der Waals surface area contributed by atoms with E-state index in [1.807, 2.05) is 0 Å². The number of hydrogen-bond donors (Lipinski definition) is 0. The van der Waals surface area contributed by atoms with Crippen LogP contribution in [0.3, 0.4) is 0 Å². The van der Waals surface area contributed by atoms with Crippen molar-refractivity contribution in [1.82, 2.24) is 4.90 Å². The van der Waals surface area contributed by atoms with Crippen molar-refractivity contribution in [1.29, 1.82) is 0 Å². The highest BCUT2D eigenvalue weighted by Gasteiger charge is 2.39. The summed E-state index contributed by atoms with van der Waals surface area (Å²) in [6, 6.07) is 5.02. The van der Waals surface area contributed by atoms with Crippen molar-refractivity contribution in [3.63, 3.8) is 0 Å². The van der Waals surface area contributed by atoms with Gasteiger partial charge in [0.05, 0.1) is 16.0 Å². The van der Waals surface area contributed by atoms with Crippen LogP contribution < -0.4 is 4.74 Å². The lowest BCUT2D eigenvalue weighted by Crippen LogP contribution is -2.48. The number of carbonyl (C=O) groups excluding carboxylic acids is 1. The van der Waals surface area contributed by atoms with E-state index in [-0.39, 0.29) is 36.1 Å². The number of nitrogens with zero attached hydrogens (tertiary/aromatic N) is 1. The summed E-state index contributed by atoms with van der Waals surface area (Å²) in [4.78, 5) is 14.6. The molecule has 0 aromatic heterocycles. The standard InChI is InChI=1S/C17H21BrClNO4S/c18-15-9-12(19)5-6-16(15)24-10-17(21)20(13-3-1-2-4-13)14-7-8-25(22,23)11-14/h5-6,9,13-14H,1-4,7-8,10-11H2/t14-/m1/s1. The van der Waals surface area contributed by atoms with Crippen molar-refractivity contribution in [2.45, 2.75) is 44.2 Å². The van der Waals surface area contributed by atoms with Gasteiger partial charge in [-0.25, -0.2) is 8.42 Å². The highest BCUT2D eigenvalue weighted by Crippen LogP contribution is 2.31. The molecule has 1 heterocycles. The van der Waals surface area contributed by atoms with Crippen LogP contribution in [-0.4, -0.2) is 49.4 Å². The maximum atomic E-state index is 12.8. The number of amides is 1. The van der Waals surface area contributed by atoms with Gasteiger partial charge in [-0.2, -0.15) is 0 Å². The molecule has 0 spiro atoms. The normalized spacial score (nSPS) is 22.9. The molecule has 1 aliphatic heterocycles. The van der Waals surface area contributed by atoms with Gasteiger partial charge in [0.2, 0.25) is 0 Å². The Labute approximate surface area is 161 Å². The zero-order valence-electron chi connectivity index (χ0n) is 13.8. The van der Waals surface area contributed by atoms with Gasteiger partial charge in [-0.1, -0.05) is 24.4 Å². The smallest absolute Gasteiger partial charge is 0.261 e. The van der Waals surface area contributed by atoms with Crippen molar-refractivity contribution in [3.05, 3.63) is 27.7 Å². The Kier molecular flexibility index (Phi) is 5.96. The Hall–Kier alpha value is -0.790. The van der Waals surface area contributed by atoms with Crippen molar-refractivity contribution < 1.29 is 17.9 Å². The number of sulfone groups is 1. The molecule has 8 heteroatoms. The number of halogens is 2. The summed E-state index contributed by atoms with van der Waals surface area (Å²) < 4.78 is 30.0. The largest absolute Gasteiger partial charge is 0.483 e. The Morgan fingerprint density at radius 3 is 2.56 bits per heavy atom. The molecule has 3 rings (SSSR count). The molecule has 1 aromatic carbocycles. The molecular formula is C17H21BrClNO4S. The fourth-order valence-electron chi connectivity index (χ4n) is 3.69. The van der Waals surface area contributed by atoms with E-state index in [1.54, 1.807) is 23.1 Å². The summed E-state index contributed by atoms with van der Waals surface area (Å²) in [6.07, 6.45) is 4.56. The molecule has 0 unspecified atom stereocenters. The first-order valence-electron chi connectivity index (χ1n) is 8.45. The summed E-state index contributed by atoms with van der Waals surface area (Å²) in [7, 11) is -3.04. The lowest BCUT2D eigenvalue weighted by Gasteiger charge is -2.34. The second-order valence-corrected chi connectivity index (χ2v) is 10.2. The van der Waals surface area contributed by atoms with Gasteiger partial charge in [-0.15, -0.1) is 0 Å². The Balaban J connectivity index is 1.70. The van der Waals surface area contributed by atoms with Crippen LogP contribution in [0.1, 0.15) is 32.1 Å². The molecule has 0 bridgehead atoms. The third-order valence-electron chi connectivity index (χ3n) is 4.85. The molecule has 5 nitrogen and oxygen atoms in total. The minimum atomic E-state index is -3.04. The molecule has 1 aliphatic carbocycles. The SMILES string of the molecule is O=C(COc1ccc(Cl)cc1Br)N(C1CCCC1)[C@@H]1CCS(=O)(=O)C1. The zero-order valence-corrected chi connectivity index (χ0v) is 16.9. The summed E-state index contributed by atoms with van der Waals surface area (Å²) >= 11 is 9.28. The molecule has 138 valence electrons. The van der Waals surface area contributed by atoms with Crippen molar-refractivity contribution in [2.24, 2.45) is 0 Å². The predicted molar refractivity (Wildman–Crippen MR) is 101 cm³/mol. The number of carbonyl (C=O) groups is 1. The van der Waals surface area contributed by atoms with Crippen molar-refractivity contribution in [2.75, 3.05) is 18.1 Å². The Morgan fingerprint density at radius 1 is 1.24 bits per heavy atom. The molecule has 1 atom stereocenters. The van der Waals surface area contributed by atoms with Gasteiger partial charge in [-0.3, -0.25) is 4.79 Å². The van der Waals surface area contributed by atoms with Crippen LogP contribution in [0.2, 0.25) is 5.02 Å². The minimum Gasteiger partial charge on any atom is -0.483 e. The first kappa shape index (κ1) is 19.0. The molecule has 25 heavy (non-hydrogen) atoms. The van der Waals surface area contributed by atoms with E-state index in [1.165, 1.54) is 0 Å². The molecule has 2 aliphatic rings. The predicted octanol–water partition coefficient (Wildman–Crippen LogP) is 3.44. The summed E-state index contributed by atoms with van der Waals surface area (Å²) in [5.74, 6) is 0.636. The zero-order chi connectivity index (χ0) is 18.0. The van der Waals surface area contributed by atoms with Crippen LogP contribution >= 0.6 is 27.5 Å². The lowest BCUT2D eigenvalue weighted by atomic mass is 10.1. The average Bonchev–Trinajstić information content (AvgIpc) is 3.17. The van der Waals surface area contributed by atoms with E-state index in [2.05, 4.69) is 15.9 Å². The highest BCUT2D eigenvalue weighted by atomic mass is 79.9. The monoisotopic (exact) mass is 449 g/mol. The summed E-state index contributed by atoms with van der Waals surface area (Å²) in [5, 5.41) is 0.578. The quantitative estimate of drug-likeness (QED) is 0.689. The van der Waals surface area contributed by atoms with E-state index in [0.29, 0.717) is 21.7 Å². The highest BCUT2D eigenvalue weighted by molar-refractivity contribution is 9.10. The van der Waals surface area contributed by atoms with Gasteiger partial charge in [0, 0.05) is 17.1 Å². The third kappa shape index (κ3) is 4.68. The van der Waals surface area contributed by atoms with E-state index >= 15 is 0 Å². The summed E-state index contributed by atoms with van der Waals surface area (Å²) in [6.45, 7) is -0.104. The first-order chi connectivity index (χ1) is 11.9. The minimum absolute atomic E-state index is 0.0693. The molecule has 2 fully saturated rings. The van der Waals surface area contributed by atoms with Crippen LogP contribution in [0, 0.1) is 0 Å². The second kappa shape index (κ2) is 7.84. The van der Waals surface area contributed by atoms with Crippen LogP contribution in [0.4, 0.5) is 0 Å². The van der Waals surface area contributed by atoms with Gasteiger partial charge in [-0.05, 0) is 53.4 Å². The van der Waals surface area contributed by atoms with Crippen molar-refractivity contribution >= 4 is 43.3 Å². The molecule has 1 aromatic rings. The van der Waals surface area contributed by atoms with E-state index < -0.39 is 9.84 Å². The molecule has 0 radical (unpaired) electrons. The number of ether oxygens (including phenoxy) is 1. The Bertz CT molecular complexity index is 749. The number of rotatable bonds is 5. The van der Waals surface area contributed by atoms with Crippen LogP contribution in [0.25, 0.3) is 0 Å². The van der Waals surface area contributed by atoms with E-state index in [0.717, 1.165) is 25.7 Å². The van der Waals surface area contributed by atoms with Crippen LogP contribution in [-0.2, 0) is 14.6 Å². The molecular weight excluding hydrogens is 430 g/mol. The van der Waals surface area contributed by atoms with Gasteiger partial charge >= 0.3 is 0 Å². The topological polar surface area (TPSA) is 63.7 Å². The van der Waals surface area contributed by atoms with Crippen LogP contribution in [0.5, 0.6) is 5.75 Å². The first-order valence-corrected chi connectivity index (χ1v) is 11.4. The lowest BCUT2D eigenvalue weighted by molar-refractivity contribution is -0.137. The molecule has 1 saturated carbocycles.